The summed E-state index contributed by atoms with van der Waals surface area (Å²) in [7, 11) is 1.31. The Labute approximate surface area is 164 Å². The van der Waals surface area contributed by atoms with Crippen molar-refractivity contribution in [2.24, 2.45) is 0 Å². The summed E-state index contributed by atoms with van der Waals surface area (Å²) in [6, 6.07) is 14.9. The molecule has 3 aromatic rings. The smallest absolute Gasteiger partial charge is 0.337 e. The lowest BCUT2D eigenvalue weighted by molar-refractivity contribution is -0.384. The van der Waals surface area contributed by atoms with Gasteiger partial charge in [-0.3, -0.25) is 10.1 Å². The average Bonchev–Trinajstić information content (AvgIpc) is 3.22. The van der Waals surface area contributed by atoms with Crippen molar-refractivity contribution in [2.75, 3.05) is 7.11 Å². The molecule has 0 atom stereocenters. The van der Waals surface area contributed by atoms with Crippen molar-refractivity contribution in [1.82, 2.24) is 4.98 Å². The molecule has 0 saturated heterocycles. The number of rotatable bonds is 5. The molecule has 0 aliphatic heterocycles. The van der Waals surface area contributed by atoms with E-state index in [0.29, 0.717) is 27.4 Å². The minimum Gasteiger partial charge on any atom is -0.465 e. The molecule has 0 saturated carbocycles. The van der Waals surface area contributed by atoms with Gasteiger partial charge in [-0.1, -0.05) is 24.3 Å². The van der Waals surface area contributed by atoms with Crippen molar-refractivity contribution in [1.29, 1.82) is 5.26 Å². The summed E-state index contributed by atoms with van der Waals surface area (Å²) in [6.07, 6.45) is 1.66. The number of thiazole rings is 1. The van der Waals surface area contributed by atoms with Crippen LogP contribution in [0.25, 0.3) is 22.9 Å². The van der Waals surface area contributed by atoms with Crippen LogP contribution in [0.15, 0.2) is 53.9 Å². The number of nitro groups is 1. The van der Waals surface area contributed by atoms with Crippen LogP contribution in [0.5, 0.6) is 0 Å². The third-order valence-corrected chi connectivity index (χ3v) is 4.73. The second-order valence-electron chi connectivity index (χ2n) is 5.63. The molecule has 0 N–H and O–H groups in total. The highest BCUT2D eigenvalue weighted by Gasteiger charge is 2.12. The third kappa shape index (κ3) is 4.11. The second kappa shape index (κ2) is 8.24. The summed E-state index contributed by atoms with van der Waals surface area (Å²) in [5.74, 6) is -0.433. The molecule has 1 aromatic heterocycles. The van der Waals surface area contributed by atoms with Gasteiger partial charge in [0.05, 0.1) is 28.9 Å². The van der Waals surface area contributed by atoms with Gasteiger partial charge in [0.1, 0.15) is 11.1 Å². The first kappa shape index (κ1) is 18.9. The summed E-state index contributed by atoms with van der Waals surface area (Å²) in [6.45, 7) is 0. The van der Waals surface area contributed by atoms with Crippen LogP contribution in [-0.2, 0) is 4.74 Å². The number of non-ortho nitro benzene ring substituents is 1. The molecule has 138 valence electrons. The van der Waals surface area contributed by atoms with Gasteiger partial charge in [0.15, 0.2) is 0 Å². The Kier molecular flexibility index (Phi) is 5.58. The highest BCUT2D eigenvalue weighted by molar-refractivity contribution is 7.11. The maximum Gasteiger partial charge on any atom is 0.337 e. The first-order valence-corrected chi connectivity index (χ1v) is 8.90. The van der Waals surface area contributed by atoms with Crippen molar-refractivity contribution >= 4 is 34.6 Å². The quantitative estimate of drug-likeness (QED) is 0.273. The highest BCUT2D eigenvalue weighted by Crippen LogP contribution is 2.29. The molecule has 0 aliphatic carbocycles. The van der Waals surface area contributed by atoms with Crippen molar-refractivity contribution < 1.29 is 14.5 Å². The molecule has 28 heavy (non-hydrogen) atoms. The van der Waals surface area contributed by atoms with E-state index in [1.54, 1.807) is 47.9 Å². The molecule has 0 amide bonds. The van der Waals surface area contributed by atoms with Crippen LogP contribution in [-0.4, -0.2) is 23.0 Å². The lowest BCUT2D eigenvalue weighted by atomic mass is 10.1. The largest absolute Gasteiger partial charge is 0.465 e. The average molecular weight is 391 g/mol. The number of methoxy groups -OCH3 is 1. The molecule has 0 spiro atoms. The van der Waals surface area contributed by atoms with Gasteiger partial charge in [0, 0.05) is 23.1 Å². The van der Waals surface area contributed by atoms with E-state index in [0.717, 1.165) is 5.56 Å². The van der Waals surface area contributed by atoms with E-state index in [-0.39, 0.29) is 5.69 Å². The molecule has 7 nitrogen and oxygen atoms in total. The Hall–Kier alpha value is -3.83. The number of nitriles is 1. The minimum atomic E-state index is -0.463. The van der Waals surface area contributed by atoms with E-state index in [4.69, 9.17) is 0 Å². The monoisotopic (exact) mass is 391 g/mol. The third-order valence-electron chi connectivity index (χ3n) is 3.85. The first-order chi connectivity index (χ1) is 13.5. The van der Waals surface area contributed by atoms with Gasteiger partial charge in [-0.15, -0.1) is 11.3 Å². The summed E-state index contributed by atoms with van der Waals surface area (Å²) >= 11 is 1.28. The fraction of sp³-hybridized carbons (Fsp3) is 0.0500. The lowest BCUT2D eigenvalue weighted by Gasteiger charge is -2.00. The highest BCUT2D eigenvalue weighted by atomic mass is 32.1. The molecular weight excluding hydrogens is 378 g/mol. The fourth-order valence-electron chi connectivity index (χ4n) is 2.45. The Bertz CT molecular complexity index is 1110. The number of ether oxygens (including phenoxy) is 1. The lowest BCUT2D eigenvalue weighted by Crippen LogP contribution is -2.00. The van der Waals surface area contributed by atoms with Crippen molar-refractivity contribution in [3.63, 3.8) is 0 Å². The van der Waals surface area contributed by atoms with Gasteiger partial charge in [0.2, 0.25) is 0 Å². The van der Waals surface area contributed by atoms with Crippen LogP contribution in [0.4, 0.5) is 5.69 Å². The summed E-state index contributed by atoms with van der Waals surface area (Å²) < 4.78 is 4.66. The predicted octanol–water partition coefficient (Wildman–Crippen LogP) is 4.57. The second-order valence-corrected chi connectivity index (χ2v) is 6.49. The fourth-order valence-corrected chi connectivity index (χ4v) is 3.25. The van der Waals surface area contributed by atoms with Gasteiger partial charge in [0.25, 0.3) is 5.69 Å². The minimum absolute atomic E-state index is 0.0196. The van der Waals surface area contributed by atoms with Crippen LogP contribution < -0.4 is 0 Å². The number of carbonyl (C=O) groups excluding carboxylic acids is 1. The van der Waals surface area contributed by atoms with E-state index in [9.17, 15) is 20.2 Å². The van der Waals surface area contributed by atoms with Crippen LogP contribution >= 0.6 is 11.3 Å². The Morgan fingerprint density at radius 1 is 1.29 bits per heavy atom. The topological polar surface area (TPSA) is 106 Å². The zero-order valence-corrected chi connectivity index (χ0v) is 15.5. The zero-order valence-electron chi connectivity index (χ0n) is 14.7. The van der Waals surface area contributed by atoms with E-state index in [1.165, 1.54) is 30.6 Å². The zero-order chi connectivity index (χ0) is 20.1. The number of hydrogen-bond acceptors (Lipinski definition) is 7. The van der Waals surface area contributed by atoms with E-state index < -0.39 is 10.9 Å². The molecule has 2 aromatic carbocycles. The first-order valence-electron chi connectivity index (χ1n) is 8.02. The van der Waals surface area contributed by atoms with Crippen LogP contribution in [0.3, 0.4) is 0 Å². The summed E-state index contributed by atoms with van der Waals surface area (Å²) in [5.41, 5.74) is 2.65. The number of benzene rings is 2. The molecule has 3 rings (SSSR count). The number of esters is 1. The molecule has 1 heterocycles. The number of hydrogen-bond donors (Lipinski definition) is 0. The Balaban J connectivity index is 1.89. The normalized spacial score (nSPS) is 10.9. The molecule has 0 unspecified atom stereocenters. The molecule has 0 bridgehead atoms. The SMILES string of the molecule is COC(=O)c1ccc(C=C(C#N)c2nc(-c3cccc([N+](=O)[O-])c3)cs2)cc1. The van der Waals surface area contributed by atoms with Crippen molar-refractivity contribution in [2.45, 2.75) is 0 Å². The van der Waals surface area contributed by atoms with Gasteiger partial charge in [-0.2, -0.15) is 5.26 Å². The van der Waals surface area contributed by atoms with Crippen LogP contribution in [0.1, 0.15) is 20.9 Å². The molecule has 8 heteroatoms. The maximum absolute atomic E-state index is 11.5. The van der Waals surface area contributed by atoms with E-state index >= 15 is 0 Å². The molecule has 0 radical (unpaired) electrons. The van der Waals surface area contributed by atoms with Gasteiger partial charge in [-0.25, -0.2) is 9.78 Å². The number of nitro benzene ring substituents is 1. The number of allylic oxidation sites excluding steroid dienone is 1. The van der Waals surface area contributed by atoms with Crippen LogP contribution in [0, 0.1) is 21.4 Å². The van der Waals surface area contributed by atoms with Gasteiger partial charge in [-0.05, 0) is 23.8 Å². The molecule has 0 fully saturated rings. The van der Waals surface area contributed by atoms with Gasteiger partial charge < -0.3 is 4.74 Å². The summed E-state index contributed by atoms with van der Waals surface area (Å²) in [4.78, 5) is 26.4. The summed E-state index contributed by atoms with van der Waals surface area (Å²) in [5, 5.41) is 22.7. The predicted molar refractivity (Wildman–Crippen MR) is 105 cm³/mol. The number of carbonyl (C=O) groups is 1. The molecular formula is C20H13N3O4S. The van der Waals surface area contributed by atoms with Crippen molar-refractivity contribution in [3.8, 4) is 17.3 Å². The van der Waals surface area contributed by atoms with E-state index in [1.807, 2.05) is 0 Å². The number of aromatic nitrogens is 1. The van der Waals surface area contributed by atoms with Crippen molar-refractivity contribution in [3.05, 3.63) is 80.2 Å². The van der Waals surface area contributed by atoms with Gasteiger partial charge >= 0.3 is 5.97 Å². The maximum atomic E-state index is 11.5. The standard InChI is InChI=1S/C20H13N3O4S/c1-27-20(24)14-7-5-13(6-8-14)9-16(11-21)19-22-18(12-28-19)15-3-2-4-17(10-15)23(25)26/h2-10,12H,1H3. The van der Waals surface area contributed by atoms with Crippen LogP contribution in [0.2, 0.25) is 0 Å². The molecule has 0 aliphatic rings. The van der Waals surface area contributed by atoms with E-state index in [2.05, 4.69) is 15.8 Å². The Morgan fingerprint density at radius 3 is 2.68 bits per heavy atom. The Morgan fingerprint density at radius 2 is 2.04 bits per heavy atom. The number of nitrogens with zero attached hydrogens (tertiary/aromatic N) is 3.